The second kappa shape index (κ2) is 10.7. The van der Waals surface area contributed by atoms with Crippen molar-refractivity contribution in [2.75, 3.05) is 7.11 Å². The lowest BCUT2D eigenvalue weighted by Gasteiger charge is -2.17. The average Bonchev–Trinajstić information content (AvgIpc) is 2.85. The van der Waals surface area contributed by atoms with E-state index in [1.165, 1.54) is 24.3 Å². The van der Waals surface area contributed by atoms with Crippen LogP contribution in [-0.2, 0) is 6.54 Å². The molecule has 4 aromatic rings. The van der Waals surface area contributed by atoms with Crippen molar-refractivity contribution in [3.8, 4) is 17.2 Å². The molecule has 0 saturated carbocycles. The number of ether oxygens (including phenoxy) is 2. The van der Waals surface area contributed by atoms with Gasteiger partial charge in [0.05, 0.1) is 7.11 Å². The van der Waals surface area contributed by atoms with E-state index in [0.29, 0.717) is 11.5 Å². The fourth-order valence-corrected chi connectivity index (χ4v) is 3.88. The Kier molecular flexibility index (Phi) is 7.30. The molecule has 3 aromatic carbocycles. The van der Waals surface area contributed by atoms with E-state index in [4.69, 9.17) is 9.47 Å². The summed E-state index contributed by atoms with van der Waals surface area (Å²) >= 11 is 0. The van der Waals surface area contributed by atoms with Crippen LogP contribution in [0.3, 0.4) is 0 Å². The largest absolute Gasteiger partial charge is 0.493 e. The van der Waals surface area contributed by atoms with Crippen LogP contribution in [0.15, 0.2) is 97.3 Å². The molecule has 168 valence electrons. The van der Waals surface area contributed by atoms with Gasteiger partial charge in [-0.3, -0.25) is 0 Å². The first-order chi connectivity index (χ1) is 16.1. The van der Waals surface area contributed by atoms with Crippen molar-refractivity contribution < 1.29 is 22.8 Å². The Labute approximate surface area is 192 Å². The molecule has 1 aromatic heterocycles. The molecule has 0 aliphatic heterocycles. The van der Waals surface area contributed by atoms with E-state index >= 15 is 0 Å². The molecule has 0 saturated heterocycles. The molecule has 0 spiro atoms. The number of hydrogen-bond acceptors (Lipinski definition) is 2. The van der Waals surface area contributed by atoms with Crippen molar-refractivity contribution in [3.63, 3.8) is 0 Å². The van der Waals surface area contributed by atoms with Crippen LogP contribution in [0.25, 0.3) is 0 Å². The standard InChI is InChI=1S/C28H26F2NO2/c1-32-27-6-2-3-7-28(27)33-25-16-19-31(20-17-25)18-4-5-26(21-8-12-23(29)13-9-21)22-10-14-24(30)15-11-22/h2-3,6-17,19-20,26H,4-5,18H2,1H3/q+1. The van der Waals surface area contributed by atoms with Crippen LogP contribution >= 0.6 is 0 Å². The Morgan fingerprint density at radius 3 is 1.82 bits per heavy atom. The molecule has 1 heterocycles. The molecule has 0 bridgehead atoms. The number of aryl methyl sites for hydroxylation is 1. The number of para-hydroxylation sites is 2. The van der Waals surface area contributed by atoms with Crippen LogP contribution in [0.2, 0.25) is 0 Å². The molecule has 0 fully saturated rings. The third-order valence-corrected chi connectivity index (χ3v) is 5.61. The molecule has 0 atom stereocenters. The van der Waals surface area contributed by atoms with Gasteiger partial charge in [0.25, 0.3) is 0 Å². The third-order valence-electron chi connectivity index (χ3n) is 5.61. The van der Waals surface area contributed by atoms with Gasteiger partial charge in [-0.05, 0) is 53.9 Å². The zero-order valence-electron chi connectivity index (χ0n) is 18.5. The number of halogens is 2. The molecule has 5 heteroatoms. The molecule has 4 rings (SSSR count). The van der Waals surface area contributed by atoms with Crippen LogP contribution in [0.5, 0.6) is 17.2 Å². The highest BCUT2D eigenvalue weighted by molar-refractivity contribution is 5.42. The van der Waals surface area contributed by atoms with Gasteiger partial charge in [0.15, 0.2) is 23.9 Å². The van der Waals surface area contributed by atoms with Crippen LogP contribution in [0, 0.1) is 11.6 Å². The van der Waals surface area contributed by atoms with Crippen molar-refractivity contribution >= 4 is 0 Å². The van der Waals surface area contributed by atoms with E-state index in [-0.39, 0.29) is 17.6 Å². The molecule has 0 N–H and O–H groups in total. The van der Waals surface area contributed by atoms with Crippen molar-refractivity contribution in [1.82, 2.24) is 0 Å². The highest BCUT2D eigenvalue weighted by Crippen LogP contribution is 2.31. The van der Waals surface area contributed by atoms with E-state index in [1.54, 1.807) is 31.4 Å². The second-order valence-electron chi connectivity index (χ2n) is 7.82. The number of pyridine rings is 1. The number of nitrogens with zero attached hydrogens (tertiary/aromatic N) is 1. The fourth-order valence-electron chi connectivity index (χ4n) is 3.88. The van der Waals surface area contributed by atoms with E-state index < -0.39 is 0 Å². The van der Waals surface area contributed by atoms with Gasteiger partial charge < -0.3 is 9.47 Å². The van der Waals surface area contributed by atoms with Gasteiger partial charge in [-0.25, -0.2) is 13.3 Å². The van der Waals surface area contributed by atoms with E-state index in [2.05, 4.69) is 4.57 Å². The minimum Gasteiger partial charge on any atom is -0.493 e. The van der Waals surface area contributed by atoms with E-state index in [0.717, 1.165) is 36.3 Å². The van der Waals surface area contributed by atoms with Gasteiger partial charge in [-0.2, -0.15) is 0 Å². The van der Waals surface area contributed by atoms with Gasteiger partial charge in [-0.1, -0.05) is 36.4 Å². The summed E-state index contributed by atoms with van der Waals surface area (Å²) in [7, 11) is 1.62. The summed E-state index contributed by atoms with van der Waals surface area (Å²) in [6.45, 7) is 0.813. The van der Waals surface area contributed by atoms with Gasteiger partial charge >= 0.3 is 0 Å². The van der Waals surface area contributed by atoms with Crippen LogP contribution in [0.4, 0.5) is 8.78 Å². The Morgan fingerprint density at radius 1 is 0.727 bits per heavy atom. The summed E-state index contributed by atoms with van der Waals surface area (Å²) in [5.74, 6) is 1.62. The molecule has 0 aliphatic carbocycles. The van der Waals surface area contributed by atoms with Crippen LogP contribution in [0.1, 0.15) is 29.9 Å². The predicted octanol–water partition coefficient (Wildman–Crippen LogP) is 6.67. The summed E-state index contributed by atoms with van der Waals surface area (Å²) in [6.07, 6.45) is 5.71. The lowest BCUT2D eigenvalue weighted by atomic mass is 9.87. The molecule has 0 unspecified atom stereocenters. The highest BCUT2D eigenvalue weighted by Gasteiger charge is 2.16. The van der Waals surface area contributed by atoms with Gasteiger partial charge in [0, 0.05) is 24.5 Å². The first-order valence-electron chi connectivity index (χ1n) is 10.9. The fraction of sp³-hybridized carbons (Fsp3) is 0.179. The monoisotopic (exact) mass is 446 g/mol. The van der Waals surface area contributed by atoms with Crippen molar-refractivity contribution in [1.29, 1.82) is 0 Å². The molecule has 0 amide bonds. The number of aromatic nitrogens is 1. The summed E-state index contributed by atoms with van der Waals surface area (Å²) in [5.41, 5.74) is 2.04. The lowest BCUT2D eigenvalue weighted by Crippen LogP contribution is -2.32. The quantitative estimate of drug-likeness (QED) is 0.268. The summed E-state index contributed by atoms with van der Waals surface area (Å²) in [4.78, 5) is 0. The Balaban J connectivity index is 1.40. The molecular formula is C28H26F2NO2+. The maximum Gasteiger partial charge on any atom is 0.172 e. The van der Waals surface area contributed by atoms with Crippen LogP contribution < -0.4 is 14.0 Å². The predicted molar refractivity (Wildman–Crippen MR) is 124 cm³/mol. The van der Waals surface area contributed by atoms with Crippen molar-refractivity contribution in [2.45, 2.75) is 25.3 Å². The van der Waals surface area contributed by atoms with E-state index in [1.807, 2.05) is 48.8 Å². The zero-order chi connectivity index (χ0) is 23.0. The van der Waals surface area contributed by atoms with Crippen molar-refractivity contribution in [3.05, 3.63) is 120 Å². The molecule has 33 heavy (non-hydrogen) atoms. The Hall–Kier alpha value is -3.73. The molecule has 0 aliphatic rings. The topological polar surface area (TPSA) is 22.3 Å². The zero-order valence-corrected chi connectivity index (χ0v) is 18.5. The molecule has 0 radical (unpaired) electrons. The van der Waals surface area contributed by atoms with Gasteiger partial charge in [0.1, 0.15) is 23.9 Å². The smallest absolute Gasteiger partial charge is 0.172 e. The first-order valence-corrected chi connectivity index (χ1v) is 10.9. The summed E-state index contributed by atoms with van der Waals surface area (Å²) in [5, 5.41) is 0. The SMILES string of the molecule is COc1ccccc1Oc1cc[n+](CCCC(c2ccc(F)cc2)c2ccc(F)cc2)cc1. The summed E-state index contributed by atoms with van der Waals surface area (Å²) < 4.78 is 40.2. The lowest BCUT2D eigenvalue weighted by molar-refractivity contribution is -0.697. The maximum atomic E-state index is 13.4. The van der Waals surface area contributed by atoms with E-state index in [9.17, 15) is 8.78 Å². The van der Waals surface area contributed by atoms with Crippen LogP contribution in [-0.4, -0.2) is 7.11 Å². The third kappa shape index (κ3) is 5.95. The molecule has 3 nitrogen and oxygen atoms in total. The Bertz CT molecular complexity index is 1110. The average molecular weight is 447 g/mol. The van der Waals surface area contributed by atoms with Gasteiger partial charge in [-0.15, -0.1) is 0 Å². The highest BCUT2D eigenvalue weighted by atomic mass is 19.1. The minimum absolute atomic E-state index is 0.0694. The second-order valence-corrected chi connectivity index (χ2v) is 7.82. The summed E-state index contributed by atoms with van der Waals surface area (Å²) in [6, 6.07) is 24.5. The maximum absolute atomic E-state index is 13.4. The number of methoxy groups -OCH3 is 1. The van der Waals surface area contributed by atoms with Crippen molar-refractivity contribution in [2.24, 2.45) is 0 Å². The molecular weight excluding hydrogens is 420 g/mol. The first kappa shape index (κ1) is 22.5. The van der Waals surface area contributed by atoms with Gasteiger partial charge in [0.2, 0.25) is 0 Å². The number of hydrogen-bond donors (Lipinski definition) is 0. The normalized spacial score (nSPS) is 10.9. The number of rotatable bonds is 9. The number of benzene rings is 3. The Morgan fingerprint density at radius 2 is 1.27 bits per heavy atom. The minimum atomic E-state index is -0.261.